The van der Waals surface area contributed by atoms with Crippen molar-refractivity contribution in [3.05, 3.63) is 57.1 Å². The first-order valence-electron chi connectivity index (χ1n) is 10.6. The van der Waals surface area contributed by atoms with Gasteiger partial charge in [0.15, 0.2) is 11.5 Å². The molecule has 2 unspecified atom stereocenters. The maximum Gasteiger partial charge on any atom is 0.294 e. The van der Waals surface area contributed by atoms with Crippen molar-refractivity contribution in [3.63, 3.8) is 0 Å². The van der Waals surface area contributed by atoms with E-state index in [4.69, 9.17) is 4.74 Å². The highest BCUT2D eigenvalue weighted by Crippen LogP contribution is 2.45. The largest absolute Gasteiger partial charge is 0.504 e. The van der Waals surface area contributed by atoms with Crippen molar-refractivity contribution in [2.45, 2.75) is 48.7 Å². The molecule has 0 aliphatic carbocycles. The Labute approximate surface area is 196 Å². The molecule has 0 fully saturated rings. The Hall–Kier alpha value is -2.34. The Bertz CT molecular complexity index is 1120. The van der Waals surface area contributed by atoms with Crippen molar-refractivity contribution in [2.24, 2.45) is 0 Å². The third kappa shape index (κ3) is 6.17. The molecule has 1 aliphatic heterocycles. The number of ether oxygens (including phenoxy) is 1. The van der Waals surface area contributed by atoms with Gasteiger partial charge >= 0.3 is 0 Å². The SMILES string of the molecule is CCCC1CCSC(COCCc2cc([N+](=O)[O-])ccc2S(=O)(=O)O)c2cc(O)c(O)cc21. The summed E-state index contributed by atoms with van der Waals surface area (Å²) >= 11 is 1.69. The molecule has 9 nitrogen and oxygen atoms in total. The molecule has 11 heteroatoms. The van der Waals surface area contributed by atoms with Crippen molar-refractivity contribution in [1.82, 2.24) is 0 Å². The van der Waals surface area contributed by atoms with Crippen LogP contribution in [-0.2, 0) is 21.3 Å². The van der Waals surface area contributed by atoms with Crippen LogP contribution < -0.4 is 0 Å². The topological polar surface area (TPSA) is 147 Å². The minimum Gasteiger partial charge on any atom is -0.504 e. The van der Waals surface area contributed by atoms with E-state index in [9.17, 15) is 33.3 Å². The molecule has 0 spiro atoms. The van der Waals surface area contributed by atoms with Gasteiger partial charge in [-0.3, -0.25) is 14.7 Å². The molecule has 1 aliphatic rings. The summed E-state index contributed by atoms with van der Waals surface area (Å²) in [4.78, 5) is 10.0. The van der Waals surface area contributed by atoms with Crippen molar-refractivity contribution in [1.29, 1.82) is 0 Å². The molecule has 33 heavy (non-hydrogen) atoms. The van der Waals surface area contributed by atoms with Gasteiger partial charge in [0.2, 0.25) is 0 Å². The predicted octanol–water partition coefficient (Wildman–Crippen LogP) is 4.57. The van der Waals surface area contributed by atoms with Crippen LogP contribution in [0.25, 0.3) is 0 Å². The first-order chi connectivity index (χ1) is 15.6. The smallest absolute Gasteiger partial charge is 0.294 e. The highest BCUT2D eigenvalue weighted by Gasteiger charge is 2.27. The molecule has 3 rings (SSSR count). The standard InChI is InChI=1S/C22H27NO8S2/c1-2-3-14-7-9-32-21(18-12-20(25)19(24)11-17(14)18)13-31-8-6-15-10-16(23(26)27)4-5-22(15)33(28,29)30/h4-5,10-12,14,21,24-25H,2-3,6-9,13H2,1H3,(H,28,29,30). The minimum absolute atomic E-state index is 0.0559. The molecule has 0 radical (unpaired) electrons. The summed E-state index contributed by atoms with van der Waals surface area (Å²) in [5.41, 5.74) is 1.73. The Morgan fingerprint density at radius 3 is 2.52 bits per heavy atom. The molecule has 0 saturated carbocycles. The number of nitrogens with zero attached hydrogens (tertiary/aromatic N) is 1. The van der Waals surface area contributed by atoms with E-state index in [2.05, 4.69) is 6.92 Å². The van der Waals surface area contributed by atoms with Crippen molar-refractivity contribution in [2.75, 3.05) is 19.0 Å². The number of nitro groups is 1. The van der Waals surface area contributed by atoms with Gasteiger partial charge in [0.25, 0.3) is 15.8 Å². The van der Waals surface area contributed by atoms with Gasteiger partial charge in [-0.2, -0.15) is 20.2 Å². The fourth-order valence-corrected chi connectivity index (χ4v) is 6.14. The summed E-state index contributed by atoms with van der Waals surface area (Å²) in [6.45, 7) is 2.46. The molecular formula is C22H27NO8S2. The molecule has 2 aromatic carbocycles. The average Bonchev–Trinajstić information content (AvgIpc) is 2.90. The lowest BCUT2D eigenvalue weighted by Crippen LogP contribution is -2.11. The number of phenols is 2. The van der Waals surface area contributed by atoms with E-state index in [-0.39, 0.29) is 58.4 Å². The Kier molecular flexibility index (Phi) is 8.22. The summed E-state index contributed by atoms with van der Waals surface area (Å²) in [6, 6.07) is 6.38. The lowest BCUT2D eigenvalue weighted by Gasteiger charge is -2.21. The van der Waals surface area contributed by atoms with E-state index >= 15 is 0 Å². The van der Waals surface area contributed by atoms with Crippen LogP contribution in [0.15, 0.2) is 35.2 Å². The summed E-state index contributed by atoms with van der Waals surface area (Å²) in [6.07, 6.45) is 2.96. The number of fused-ring (bicyclic) bond motifs is 1. The number of hydrogen-bond acceptors (Lipinski definition) is 8. The van der Waals surface area contributed by atoms with E-state index in [1.807, 2.05) is 0 Å². The quantitative estimate of drug-likeness (QED) is 0.149. The van der Waals surface area contributed by atoms with Crippen LogP contribution in [0, 0.1) is 10.1 Å². The summed E-state index contributed by atoms with van der Waals surface area (Å²) < 4.78 is 38.5. The molecule has 1 heterocycles. The molecule has 0 bridgehead atoms. The van der Waals surface area contributed by atoms with E-state index in [0.29, 0.717) is 0 Å². The second-order valence-corrected chi connectivity index (χ2v) is 10.7. The molecule has 2 atom stereocenters. The summed E-state index contributed by atoms with van der Waals surface area (Å²) in [5, 5.41) is 31.0. The fraction of sp³-hybridized carbons (Fsp3) is 0.455. The Balaban J connectivity index is 1.75. The predicted molar refractivity (Wildman–Crippen MR) is 125 cm³/mol. The Morgan fingerprint density at radius 2 is 1.88 bits per heavy atom. The number of non-ortho nitro benzene ring substituents is 1. The van der Waals surface area contributed by atoms with Crippen LogP contribution in [0.2, 0.25) is 0 Å². The molecule has 0 aromatic heterocycles. The van der Waals surface area contributed by atoms with Crippen LogP contribution in [0.4, 0.5) is 5.69 Å². The Morgan fingerprint density at radius 1 is 1.18 bits per heavy atom. The third-order valence-electron chi connectivity index (χ3n) is 5.71. The van der Waals surface area contributed by atoms with Gasteiger partial charge in [0.1, 0.15) is 0 Å². The minimum atomic E-state index is -4.53. The zero-order chi connectivity index (χ0) is 24.2. The maximum absolute atomic E-state index is 11.6. The first-order valence-corrected chi connectivity index (χ1v) is 13.1. The van der Waals surface area contributed by atoms with Gasteiger partial charge in [-0.05, 0) is 65.8 Å². The molecule has 2 aromatic rings. The fourth-order valence-electron chi connectivity index (χ4n) is 4.12. The second-order valence-electron chi connectivity index (χ2n) is 7.95. The van der Waals surface area contributed by atoms with Gasteiger partial charge in [-0.1, -0.05) is 13.3 Å². The molecule has 3 N–H and O–H groups in total. The maximum atomic E-state index is 11.6. The summed E-state index contributed by atoms with van der Waals surface area (Å²) in [5.74, 6) is 0.819. The van der Waals surface area contributed by atoms with Gasteiger partial charge in [-0.15, -0.1) is 0 Å². The number of nitro benzene ring substituents is 1. The van der Waals surface area contributed by atoms with Gasteiger partial charge in [0, 0.05) is 12.1 Å². The van der Waals surface area contributed by atoms with E-state index in [0.717, 1.165) is 54.3 Å². The molecular weight excluding hydrogens is 470 g/mol. The van der Waals surface area contributed by atoms with Gasteiger partial charge < -0.3 is 14.9 Å². The van der Waals surface area contributed by atoms with Gasteiger partial charge in [0.05, 0.1) is 28.3 Å². The number of rotatable bonds is 9. The van der Waals surface area contributed by atoms with Crippen LogP contribution in [0.5, 0.6) is 11.5 Å². The monoisotopic (exact) mass is 497 g/mol. The van der Waals surface area contributed by atoms with Crippen LogP contribution in [-0.4, -0.2) is 47.1 Å². The highest BCUT2D eigenvalue weighted by molar-refractivity contribution is 7.99. The van der Waals surface area contributed by atoms with Crippen molar-refractivity contribution >= 4 is 27.6 Å². The van der Waals surface area contributed by atoms with Crippen LogP contribution >= 0.6 is 11.8 Å². The third-order valence-corrected chi connectivity index (χ3v) is 7.93. The zero-order valence-corrected chi connectivity index (χ0v) is 19.8. The zero-order valence-electron chi connectivity index (χ0n) is 18.1. The van der Waals surface area contributed by atoms with Crippen molar-refractivity contribution in [3.8, 4) is 11.5 Å². The lowest BCUT2D eigenvalue weighted by atomic mass is 9.87. The van der Waals surface area contributed by atoms with Gasteiger partial charge in [-0.25, -0.2) is 0 Å². The molecule has 0 amide bonds. The van der Waals surface area contributed by atoms with Crippen molar-refractivity contribution < 1.29 is 32.8 Å². The van der Waals surface area contributed by atoms with E-state index < -0.39 is 15.0 Å². The number of phenolic OH excluding ortho intramolecular Hbond substituents is 2. The molecule has 180 valence electrons. The van der Waals surface area contributed by atoms with Crippen LogP contribution in [0.1, 0.15) is 54.0 Å². The van der Waals surface area contributed by atoms with E-state index in [1.165, 1.54) is 0 Å². The summed E-state index contributed by atoms with van der Waals surface area (Å²) in [7, 11) is -4.53. The molecule has 0 saturated heterocycles. The second kappa shape index (κ2) is 10.7. The first kappa shape index (κ1) is 25.3. The average molecular weight is 498 g/mol. The lowest BCUT2D eigenvalue weighted by molar-refractivity contribution is -0.385. The number of thioether (sulfide) groups is 1. The highest BCUT2D eigenvalue weighted by atomic mass is 32.2. The van der Waals surface area contributed by atoms with Crippen LogP contribution in [0.3, 0.4) is 0 Å². The number of hydrogen-bond donors (Lipinski definition) is 3. The van der Waals surface area contributed by atoms with E-state index in [1.54, 1.807) is 23.9 Å². The number of aromatic hydroxyl groups is 2. The normalized spacial score (nSPS) is 18.5. The number of benzene rings is 2.